The molecule has 71 heavy (non-hydrogen) atoms. The van der Waals surface area contributed by atoms with E-state index in [0.29, 0.717) is 19.3 Å². The maximum atomic E-state index is 12.8. The third-order valence-electron chi connectivity index (χ3n) is 11.3. The Morgan fingerprint density at radius 1 is 0.296 bits per heavy atom. The summed E-state index contributed by atoms with van der Waals surface area (Å²) in [5.74, 6) is -0.979. The minimum absolute atomic E-state index is 0.104. The van der Waals surface area contributed by atoms with Crippen LogP contribution in [0.2, 0.25) is 0 Å². The molecule has 0 aliphatic rings. The molecule has 0 saturated heterocycles. The highest BCUT2D eigenvalue weighted by atomic mass is 16.6. The minimum atomic E-state index is -0.807. The molecule has 1 atom stereocenters. The normalized spacial score (nSPS) is 13.2. The highest BCUT2D eigenvalue weighted by molar-refractivity contribution is 5.71. The van der Waals surface area contributed by atoms with Crippen molar-refractivity contribution in [1.29, 1.82) is 0 Å². The zero-order chi connectivity index (χ0) is 51.4. The molecule has 6 nitrogen and oxygen atoms in total. The van der Waals surface area contributed by atoms with Gasteiger partial charge in [-0.3, -0.25) is 14.4 Å². The largest absolute Gasteiger partial charge is 0.462 e. The monoisotopic (exact) mass is 979 g/mol. The molecule has 0 bridgehead atoms. The third kappa shape index (κ3) is 56.1. The van der Waals surface area contributed by atoms with E-state index in [1.807, 2.05) is 0 Å². The molecule has 0 saturated carbocycles. The molecule has 0 aromatic rings. The maximum absolute atomic E-state index is 12.8. The predicted octanol–water partition coefficient (Wildman–Crippen LogP) is 19.2. The van der Waals surface area contributed by atoms with Crippen molar-refractivity contribution < 1.29 is 28.6 Å². The summed E-state index contributed by atoms with van der Waals surface area (Å²) in [7, 11) is 0. The van der Waals surface area contributed by atoms with Crippen LogP contribution in [-0.4, -0.2) is 37.2 Å². The van der Waals surface area contributed by atoms with Crippen molar-refractivity contribution in [3.63, 3.8) is 0 Å². The molecular formula is C65H102O6. The van der Waals surface area contributed by atoms with Crippen LogP contribution in [0.25, 0.3) is 0 Å². The summed E-state index contributed by atoms with van der Waals surface area (Å²) in [4.78, 5) is 37.8. The van der Waals surface area contributed by atoms with Gasteiger partial charge >= 0.3 is 17.9 Å². The van der Waals surface area contributed by atoms with Gasteiger partial charge in [0.15, 0.2) is 6.10 Å². The lowest BCUT2D eigenvalue weighted by Crippen LogP contribution is -2.30. The van der Waals surface area contributed by atoms with E-state index < -0.39 is 6.10 Å². The fourth-order valence-electron chi connectivity index (χ4n) is 7.15. The number of rotatable bonds is 49. The Morgan fingerprint density at radius 3 is 0.887 bits per heavy atom. The smallest absolute Gasteiger partial charge is 0.306 e. The van der Waals surface area contributed by atoms with E-state index in [1.54, 1.807) is 0 Å². The molecule has 6 heteroatoms. The zero-order valence-electron chi connectivity index (χ0n) is 45.4. The lowest BCUT2D eigenvalue weighted by Gasteiger charge is -2.18. The first-order valence-electron chi connectivity index (χ1n) is 28.3. The Labute approximate surface area is 436 Å². The summed E-state index contributed by atoms with van der Waals surface area (Å²) in [6.07, 6.45) is 83.1. The van der Waals surface area contributed by atoms with Crippen LogP contribution in [0.4, 0.5) is 0 Å². The summed E-state index contributed by atoms with van der Waals surface area (Å²) in [5.41, 5.74) is 0. The standard InChI is InChI=1S/C65H102O6/c1-4-7-10-13-15-17-19-21-23-25-27-29-30-31-32-33-34-36-37-39-41-43-45-47-49-52-55-58-64(67)70-61-62(60-69-63(66)57-54-51-12-9-6-3)71-65(68)59-56-53-50-48-46-44-42-40-38-35-28-26-24-22-20-18-16-14-11-8-5-2/h7-8,10-11,15-18,21-24,27-29,31-32,34-36,40,42,46,48,62H,4-6,9,12-14,19-20,25-26,30,33,37-39,41,43-45,47,49-61H2,1-3H3/b10-7-,11-8-,17-15-,18-16-,23-21-,24-22-,29-27-,32-31-,35-28-,36-34-,42-40-,48-46-. The van der Waals surface area contributed by atoms with Crippen molar-refractivity contribution in [2.24, 2.45) is 0 Å². The van der Waals surface area contributed by atoms with E-state index in [4.69, 9.17) is 14.2 Å². The molecule has 0 rings (SSSR count). The Kier molecular flexibility index (Phi) is 54.0. The van der Waals surface area contributed by atoms with Gasteiger partial charge < -0.3 is 14.2 Å². The number of carbonyl (C=O) groups excluding carboxylic acids is 3. The van der Waals surface area contributed by atoms with Crippen molar-refractivity contribution in [2.75, 3.05) is 13.2 Å². The van der Waals surface area contributed by atoms with Crippen molar-refractivity contribution in [3.05, 3.63) is 146 Å². The number of carbonyl (C=O) groups is 3. The second-order valence-corrected chi connectivity index (χ2v) is 18.1. The second kappa shape index (κ2) is 57.9. The second-order valence-electron chi connectivity index (χ2n) is 18.1. The number of hydrogen-bond acceptors (Lipinski definition) is 6. The van der Waals surface area contributed by atoms with Gasteiger partial charge in [0.05, 0.1) is 0 Å². The van der Waals surface area contributed by atoms with Gasteiger partial charge in [0, 0.05) is 19.3 Å². The van der Waals surface area contributed by atoms with Crippen LogP contribution in [0.3, 0.4) is 0 Å². The van der Waals surface area contributed by atoms with E-state index >= 15 is 0 Å². The van der Waals surface area contributed by atoms with Crippen molar-refractivity contribution >= 4 is 17.9 Å². The summed E-state index contributed by atoms with van der Waals surface area (Å²) >= 11 is 0. The lowest BCUT2D eigenvalue weighted by molar-refractivity contribution is -0.167. The van der Waals surface area contributed by atoms with Crippen molar-refractivity contribution in [2.45, 2.75) is 232 Å². The number of allylic oxidation sites excluding steroid dienone is 24. The van der Waals surface area contributed by atoms with Gasteiger partial charge in [0.2, 0.25) is 0 Å². The van der Waals surface area contributed by atoms with Crippen LogP contribution in [0.1, 0.15) is 226 Å². The molecule has 0 amide bonds. The van der Waals surface area contributed by atoms with Gasteiger partial charge in [-0.2, -0.15) is 0 Å². The average Bonchev–Trinajstić information content (AvgIpc) is 3.37. The third-order valence-corrected chi connectivity index (χ3v) is 11.3. The quantitative estimate of drug-likeness (QED) is 0.0262. The maximum Gasteiger partial charge on any atom is 0.306 e. The number of ether oxygens (including phenoxy) is 3. The fraction of sp³-hybridized carbons (Fsp3) is 0.585. The molecule has 0 fully saturated rings. The SMILES string of the molecule is CC/C=C\C/C=C\C/C=C\C/C=C\C/C=C\C/C=C\CCCCCCCCCCC(=O)OCC(COC(=O)CCCCCCC)OC(=O)CCCC/C=C\C/C=C\C/C=C\C/C=C\C/C=C\C/C=C\CC. The summed E-state index contributed by atoms with van der Waals surface area (Å²) in [5, 5.41) is 0. The molecule has 1 unspecified atom stereocenters. The van der Waals surface area contributed by atoms with Gasteiger partial charge in [0.25, 0.3) is 0 Å². The van der Waals surface area contributed by atoms with Crippen molar-refractivity contribution in [3.8, 4) is 0 Å². The minimum Gasteiger partial charge on any atom is -0.462 e. The van der Waals surface area contributed by atoms with Crippen LogP contribution < -0.4 is 0 Å². The van der Waals surface area contributed by atoms with Gasteiger partial charge in [-0.1, -0.05) is 231 Å². The van der Waals surface area contributed by atoms with Gasteiger partial charge in [0.1, 0.15) is 13.2 Å². The number of unbranched alkanes of at least 4 members (excludes halogenated alkanes) is 14. The highest BCUT2D eigenvalue weighted by Gasteiger charge is 2.19. The first-order valence-corrected chi connectivity index (χ1v) is 28.3. The topological polar surface area (TPSA) is 78.9 Å². The molecule has 0 radical (unpaired) electrons. The van der Waals surface area contributed by atoms with Crippen LogP contribution >= 0.6 is 0 Å². The van der Waals surface area contributed by atoms with Gasteiger partial charge in [-0.05, 0) is 122 Å². The van der Waals surface area contributed by atoms with E-state index in [-0.39, 0.29) is 37.5 Å². The van der Waals surface area contributed by atoms with Crippen LogP contribution in [-0.2, 0) is 28.6 Å². The molecular weight excluding hydrogens is 877 g/mol. The molecule has 0 aromatic heterocycles. The fourth-order valence-corrected chi connectivity index (χ4v) is 7.15. The molecule has 0 aliphatic heterocycles. The molecule has 0 aliphatic carbocycles. The predicted molar refractivity (Wildman–Crippen MR) is 306 cm³/mol. The van der Waals surface area contributed by atoms with Crippen LogP contribution in [0.5, 0.6) is 0 Å². The van der Waals surface area contributed by atoms with E-state index in [1.165, 1.54) is 32.1 Å². The molecule has 0 aromatic carbocycles. The first-order chi connectivity index (χ1) is 35.0. The molecule has 0 N–H and O–H groups in total. The lowest BCUT2D eigenvalue weighted by atomic mass is 10.1. The Bertz CT molecular complexity index is 1590. The highest BCUT2D eigenvalue weighted by Crippen LogP contribution is 2.13. The summed E-state index contributed by atoms with van der Waals surface area (Å²) in [6.45, 7) is 6.26. The molecule has 0 heterocycles. The number of hydrogen-bond donors (Lipinski definition) is 0. The first kappa shape index (κ1) is 66.3. The van der Waals surface area contributed by atoms with E-state index in [0.717, 1.165) is 148 Å². The molecule has 0 spiro atoms. The molecule has 398 valence electrons. The van der Waals surface area contributed by atoms with E-state index in [2.05, 4.69) is 167 Å². The number of esters is 3. The van der Waals surface area contributed by atoms with Gasteiger partial charge in [-0.25, -0.2) is 0 Å². The zero-order valence-corrected chi connectivity index (χ0v) is 45.4. The van der Waals surface area contributed by atoms with E-state index in [9.17, 15) is 14.4 Å². The Morgan fingerprint density at radius 2 is 0.549 bits per heavy atom. The summed E-state index contributed by atoms with van der Waals surface area (Å²) < 4.78 is 16.7. The Balaban J connectivity index is 4.23. The van der Waals surface area contributed by atoms with Crippen LogP contribution in [0, 0.1) is 0 Å². The van der Waals surface area contributed by atoms with Crippen LogP contribution in [0.15, 0.2) is 146 Å². The van der Waals surface area contributed by atoms with Gasteiger partial charge in [-0.15, -0.1) is 0 Å². The Hall–Kier alpha value is -4.71. The van der Waals surface area contributed by atoms with Crippen molar-refractivity contribution in [1.82, 2.24) is 0 Å². The average molecular weight is 980 g/mol. The summed E-state index contributed by atoms with van der Waals surface area (Å²) in [6, 6.07) is 0.